The maximum Gasteiger partial charge on any atom is 0.222 e. The van der Waals surface area contributed by atoms with Crippen molar-refractivity contribution in [3.05, 3.63) is 0 Å². The van der Waals surface area contributed by atoms with E-state index in [4.69, 9.17) is 0 Å². The Bertz CT molecular complexity index is 189. The van der Waals surface area contributed by atoms with Gasteiger partial charge in [0.1, 0.15) is 0 Å². The van der Waals surface area contributed by atoms with Crippen molar-refractivity contribution in [3.63, 3.8) is 0 Å². The monoisotopic (exact) mass is 197 g/mol. The van der Waals surface area contributed by atoms with Crippen molar-refractivity contribution >= 4 is 5.91 Å². The quantitative estimate of drug-likeness (QED) is 0.678. The van der Waals surface area contributed by atoms with Crippen LogP contribution in [0.1, 0.15) is 52.9 Å². The molecule has 1 rings (SSSR count). The number of hydrogen-bond acceptors (Lipinski definition) is 1. The predicted octanol–water partition coefficient (Wildman–Crippen LogP) is 2.82. The number of hydrogen-bond donors (Lipinski definition) is 0. The predicted molar refractivity (Wildman–Crippen MR) is 59.1 cm³/mol. The smallest absolute Gasteiger partial charge is 0.222 e. The summed E-state index contributed by atoms with van der Waals surface area (Å²) in [6.45, 7) is 7.45. The lowest BCUT2D eigenvalue weighted by atomic mass is 9.92. The average Bonchev–Trinajstić information content (AvgIpc) is 2.16. The molecule has 1 aliphatic rings. The maximum atomic E-state index is 11.6. The molecule has 82 valence electrons. The van der Waals surface area contributed by atoms with E-state index in [1.807, 2.05) is 4.90 Å². The van der Waals surface area contributed by atoms with Gasteiger partial charge in [-0.2, -0.15) is 0 Å². The minimum atomic E-state index is 0.354. The Kier molecular flexibility index (Phi) is 4.43. The molecule has 0 spiro atoms. The first-order valence-corrected chi connectivity index (χ1v) is 5.94. The first-order valence-electron chi connectivity index (χ1n) is 5.94. The lowest BCUT2D eigenvalue weighted by molar-refractivity contribution is -0.136. The van der Waals surface area contributed by atoms with Gasteiger partial charge in [-0.1, -0.05) is 19.8 Å². The van der Waals surface area contributed by atoms with Gasteiger partial charge in [0.2, 0.25) is 5.91 Å². The minimum Gasteiger partial charge on any atom is -0.340 e. The van der Waals surface area contributed by atoms with Gasteiger partial charge in [0, 0.05) is 19.0 Å². The summed E-state index contributed by atoms with van der Waals surface area (Å²) in [5.74, 6) is 1.11. The number of amides is 1. The second kappa shape index (κ2) is 5.38. The molecule has 2 nitrogen and oxygen atoms in total. The second-order valence-electron chi connectivity index (χ2n) is 4.69. The van der Waals surface area contributed by atoms with Crippen molar-refractivity contribution in [1.29, 1.82) is 0 Å². The fourth-order valence-corrected chi connectivity index (χ4v) is 2.17. The van der Waals surface area contributed by atoms with Gasteiger partial charge < -0.3 is 4.90 Å². The molecule has 1 saturated heterocycles. The summed E-state index contributed by atoms with van der Waals surface area (Å²) in [7, 11) is 0. The number of piperidine rings is 1. The number of nitrogens with zero attached hydrogens (tertiary/aromatic N) is 1. The third-order valence-electron chi connectivity index (χ3n) is 3.13. The fraction of sp³-hybridized carbons (Fsp3) is 0.917. The van der Waals surface area contributed by atoms with Crippen LogP contribution in [0.5, 0.6) is 0 Å². The zero-order chi connectivity index (χ0) is 10.6. The van der Waals surface area contributed by atoms with E-state index in [1.54, 1.807) is 0 Å². The van der Waals surface area contributed by atoms with Crippen LogP contribution in [0, 0.1) is 5.92 Å². The van der Waals surface area contributed by atoms with E-state index in [9.17, 15) is 4.79 Å². The molecule has 0 saturated carbocycles. The SMILES string of the molecule is CCCCC1CCC(=O)N(C(C)C)C1. The van der Waals surface area contributed by atoms with E-state index in [-0.39, 0.29) is 0 Å². The van der Waals surface area contributed by atoms with Crippen LogP contribution in [0.4, 0.5) is 0 Å². The average molecular weight is 197 g/mol. The Balaban J connectivity index is 2.41. The molecule has 1 unspecified atom stereocenters. The summed E-state index contributed by atoms with van der Waals surface area (Å²) in [5, 5.41) is 0. The summed E-state index contributed by atoms with van der Waals surface area (Å²) >= 11 is 0. The highest BCUT2D eigenvalue weighted by atomic mass is 16.2. The van der Waals surface area contributed by atoms with Gasteiger partial charge in [0.05, 0.1) is 0 Å². The van der Waals surface area contributed by atoms with Crippen molar-refractivity contribution in [1.82, 2.24) is 4.90 Å². The van der Waals surface area contributed by atoms with Crippen LogP contribution < -0.4 is 0 Å². The Morgan fingerprint density at radius 1 is 1.50 bits per heavy atom. The van der Waals surface area contributed by atoms with E-state index in [2.05, 4.69) is 20.8 Å². The van der Waals surface area contributed by atoms with Crippen molar-refractivity contribution in [3.8, 4) is 0 Å². The minimum absolute atomic E-state index is 0.354. The second-order valence-corrected chi connectivity index (χ2v) is 4.69. The highest BCUT2D eigenvalue weighted by molar-refractivity contribution is 5.77. The highest BCUT2D eigenvalue weighted by Crippen LogP contribution is 2.23. The van der Waals surface area contributed by atoms with Gasteiger partial charge in [-0.15, -0.1) is 0 Å². The zero-order valence-electron chi connectivity index (χ0n) is 9.75. The normalized spacial score (nSPS) is 23.3. The van der Waals surface area contributed by atoms with Crippen molar-refractivity contribution in [2.75, 3.05) is 6.54 Å². The number of carbonyl (C=O) groups excluding carboxylic acids is 1. The molecule has 0 aliphatic carbocycles. The standard InChI is InChI=1S/C12H23NO/c1-4-5-6-11-7-8-12(14)13(9-11)10(2)3/h10-11H,4-9H2,1-3H3. The van der Waals surface area contributed by atoms with Crippen molar-refractivity contribution in [2.24, 2.45) is 5.92 Å². The van der Waals surface area contributed by atoms with Crippen LogP contribution >= 0.6 is 0 Å². The van der Waals surface area contributed by atoms with Crippen molar-refractivity contribution in [2.45, 2.75) is 58.9 Å². The van der Waals surface area contributed by atoms with E-state index in [0.717, 1.165) is 25.3 Å². The summed E-state index contributed by atoms with van der Waals surface area (Å²) in [6, 6.07) is 0.381. The van der Waals surface area contributed by atoms with Crippen LogP contribution in [0.2, 0.25) is 0 Å². The molecule has 1 fully saturated rings. The molecule has 2 heteroatoms. The summed E-state index contributed by atoms with van der Waals surface area (Å²) < 4.78 is 0. The van der Waals surface area contributed by atoms with E-state index >= 15 is 0 Å². The maximum absolute atomic E-state index is 11.6. The van der Waals surface area contributed by atoms with Gasteiger partial charge in [-0.3, -0.25) is 4.79 Å². The van der Waals surface area contributed by atoms with Crippen LogP contribution in [0.3, 0.4) is 0 Å². The van der Waals surface area contributed by atoms with Crippen LogP contribution in [-0.4, -0.2) is 23.4 Å². The molecule has 0 aromatic rings. The summed E-state index contributed by atoms with van der Waals surface area (Å²) in [5.41, 5.74) is 0. The Labute approximate surface area is 87.7 Å². The first kappa shape index (κ1) is 11.5. The highest BCUT2D eigenvalue weighted by Gasteiger charge is 2.26. The Morgan fingerprint density at radius 3 is 2.79 bits per heavy atom. The lowest BCUT2D eigenvalue weighted by Gasteiger charge is -2.35. The van der Waals surface area contributed by atoms with Gasteiger partial charge in [-0.05, 0) is 32.6 Å². The van der Waals surface area contributed by atoms with Crippen molar-refractivity contribution < 1.29 is 4.79 Å². The van der Waals surface area contributed by atoms with E-state index in [0.29, 0.717) is 11.9 Å². The molecule has 1 amide bonds. The summed E-state index contributed by atoms with van der Waals surface area (Å²) in [4.78, 5) is 13.6. The van der Waals surface area contributed by atoms with E-state index < -0.39 is 0 Å². The molecular formula is C12H23NO. The molecule has 1 heterocycles. The number of carbonyl (C=O) groups is 1. The molecule has 0 aromatic heterocycles. The molecule has 0 N–H and O–H groups in total. The third kappa shape index (κ3) is 3.00. The number of likely N-dealkylation sites (tertiary alicyclic amines) is 1. The van der Waals surface area contributed by atoms with Gasteiger partial charge >= 0.3 is 0 Å². The van der Waals surface area contributed by atoms with Gasteiger partial charge in [-0.25, -0.2) is 0 Å². The first-order chi connectivity index (χ1) is 6.65. The van der Waals surface area contributed by atoms with Crippen LogP contribution in [0.25, 0.3) is 0 Å². The Morgan fingerprint density at radius 2 is 2.21 bits per heavy atom. The molecule has 0 radical (unpaired) electrons. The van der Waals surface area contributed by atoms with Crippen LogP contribution in [0.15, 0.2) is 0 Å². The Hall–Kier alpha value is -0.530. The molecule has 14 heavy (non-hydrogen) atoms. The fourth-order valence-electron chi connectivity index (χ4n) is 2.17. The summed E-state index contributed by atoms with van der Waals surface area (Å²) in [6.07, 6.45) is 5.76. The topological polar surface area (TPSA) is 20.3 Å². The van der Waals surface area contributed by atoms with Crippen LogP contribution in [-0.2, 0) is 4.79 Å². The van der Waals surface area contributed by atoms with Gasteiger partial charge in [0.25, 0.3) is 0 Å². The largest absolute Gasteiger partial charge is 0.340 e. The molecule has 1 atom stereocenters. The van der Waals surface area contributed by atoms with E-state index in [1.165, 1.54) is 19.3 Å². The zero-order valence-corrected chi connectivity index (χ0v) is 9.75. The molecule has 0 aromatic carbocycles. The lowest BCUT2D eigenvalue weighted by Crippen LogP contribution is -2.44. The number of unbranched alkanes of at least 4 members (excludes halogenated alkanes) is 1. The van der Waals surface area contributed by atoms with Gasteiger partial charge in [0.15, 0.2) is 0 Å². The molecular weight excluding hydrogens is 174 g/mol. The molecule has 0 bridgehead atoms. The number of rotatable bonds is 4. The third-order valence-corrected chi connectivity index (χ3v) is 3.13. The molecule has 1 aliphatic heterocycles.